The van der Waals surface area contributed by atoms with Gasteiger partial charge >= 0.3 is 0 Å². The van der Waals surface area contributed by atoms with E-state index in [9.17, 15) is 0 Å². The molecule has 0 saturated carbocycles. The van der Waals surface area contributed by atoms with Crippen molar-refractivity contribution in [1.82, 2.24) is 0 Å². The highest BCUT2D eigenvalue weighted by Gasteiger charge is 2.38. The fourth-order valence-electron chi connectivity index (χ4n) is 5.64. The van der Waals surface area contributed by atoms with Crippen LogP contribution in [0.4, 0.5) is 17.1 Å². The molecule has 0 N–H and O–H groups in total. The molecule has 1 atom stereocenters. The van der Waals surface area contributed by atoms with Gasteiger partial charge in [-0.15, -0.1) is 0 Å². The first-order valence-electron chi connectivity index (χ1n) is 12.8. The Morgan fingerprint density at radius 1 is 0.667 bits per heavy atom. The number of rotatable bonds is 7. The van der Waals surface area contributed by atoms with E-state index in [-0.39, 0.29) is 0 Å². The van der Waals surface area contributed by atoms with Crippen molar-refractivity contribution in [3.05, 3.63) is 102 Å². The van der Waals surface area contributed by atoms with E-state index < -0.39 is 5.60 Å². The van der Waals surface area contributed by atoms with Crippen LogP contribution < -0.4 is 14.7 Å². The van der Waals surface area contributed by atoms with Gasteiger partial charge in [-0.1, -0.05) is 54.6 Å². The second kappa shape index (κ2) is 9.87. The average molecular weight is 480 g/mol. The molecule has 5 rings (SSSR count). The van der Waals surface area contributed by atoms with Crippen LogP contribution in [0.5, 0.6) is 0 Å². The van der Waals surface area contributed by atoms with E-state index in [1.165, 1.54) is 35.0 Å². The van der Waals surface area contributed by atoms with Gasteiger partial charge in [-0.25, -0.2) is 0 Å². The number of hydrogen-bond acceptors (Lipinski definition) is 4. The minimum Gasteiger partial charge on any atom is -0.378 e. The summed E-state index contributed by atoms with van der Waals surface area (Å²) in [5.74, 6) is 0. The molecule has 0 amide bonds. The molecule has 1 fully saturated rings. The Bertz CT molecular complexity index is 1340. The topological polar surface area (TPSA) is 19.0 Å². The zero-order valence-electron chi connectivity index (χ0n) is 22.2. The van der Waals surface area contributed by atoms with Crippen LogP contribution in [0, 0.1) is 0 Å². The average Bonchev–Trinajstić information content (AvgIpc) is 3.45. The van der Waals surface area contributed by atoms with Crippen LogP contribution in [0.2, 0.25) is 0 Å². The Morgan fingerprint density at radius 2 is 1.33 bits per heavy atom. The Balaban J connectivity index is 1.80. The highest BCUT2D eigenvalue weighted by Crippen LogP contribution is 2.46. The predicted octanol–water partition coefficient (Wildman–Crippen LogP) is 6.51. The summed E-state index contributed by atoms with van der Waals surface area (Å²) in [6, 6.07) is 30.9. The number of hydrogen-bond donors (Lipinski definition) is 0. The fourth-order valence-corrected chi connectivity index (χ4v) is 5.64. The van der Waals surface area contributed by atoms with Gasteiger partial charge in [0.15, 0.2) is 0 Å². The molecule has 186 valence electrons. The van der Waals surface area contributed by atoms with Gasteiger partial charge in [0.25, 0.3) is 0 Å². The van der Waals surface area contributed by atoms with Crippen molar-refractivity contribution in [2.24, 2.45) is 0 Å². The van der Waals surface area contributed by atoms with E-state index in [1.807, 2.05) is 7.11 Å². The largest absolute Gasteiger partial charge is 0.378 e. The lowest BCUT2D eigenvalue weighted by atomic mass is 9.77. The van der Waals surface area contributed by atoms with Crippen LogP contribution in [0.25, 0.3) is 10.8 Å². The summed E-state index contributed by atoms with van der Waals surface area (Å²) in [7, 11) is 10.2. The van der Waals surface area contributed by atoms with Crippen LogP contribution in [-0.2, 0) is 10.3 Å². The number of anilines is 3. The van der Waals surface area contributed by atoms with Crippen LogP contribution in [0.3, 0.4) is 0 Å². The Kier molecular flexibility index (Phi) is 6.63. The zero-order valence-corrected chi connectivity index (χ0v) is 22.2. The molecule has 1 unspecified atom stereocenters. The summed E-state index contributed by atoms with van der Waals surface area (Å²) in [6.07, 6.45) is 2.52. The van der Waals surface area contributed by atoms with Crippen molar-refractivity contribution in [2.45, 2.75) is 18.4 Å². The lowest BCUT2D eigenvalue weighted by Gasteiger charge is -2.37. The van der Waals surface area contributed by atoms with Crippen molar-refractivity contribution in [1.29, 1.82) is 0 Å². The normalized spacial score (nSPS) is 15.2. The minimum absolute atomic E-state index is 0.764. The summed E-state index contributed by atoms with van der Waals surface area (Å²) in [5, 5.41) is 2.52. The monoisotopic (exact) mass is 479 g/mol. The van der Waals surface area contributed by atoms with Gasteiger partial charge in [-0.3, -0.25) is 0 Å². The van der Waals surface area contributed by atoms with Crippen molar-refractivity contribution in [3.8, 4) is 0 Å². The van der Waals surface area contributed by atoms with E-state index in [0.717, 1.165) is 35.5 Å². The summed E-state index contributed by atoms with van der Waals surface area (Å²) < 4.78 is 6.66. The molecule has 36 heavy (non-hydrogen) atoms. The molecular weight excluding hydrogens is 442 g/mol. The van der Waals surface area contributed by atoms with Crippen molar-refractivity contribution < 1.29 is 4.74 Å². The number of benzene rings is 4. The third-order valence-corrected chi connectivity index (χ3v) is 7.59. The molecule has 4 nitrogen and oxygen atoms in total. The van der Waals surface area contributed by atoms with E-state index in [1.54, 1.807) is 0 Å². The van der Waals surface area contributed by atoms with E-state index in [2.05, 4.69) is 128 Å². The summed E-state index contributed by atoms with van der Waals surface area (Å²) in [6.45, 7) is 2.24. The summed E-state index contributed by atoms with van der Waals surface area (Å²) >= 11 is 0. The zero-order chi connectivity index (χ0) is 25.3. The van der Waals surface area contributed by atoms with Crippen LogP contribution in [0.1, 0.15) is 29.5 Å². The molecule has 4 aromatic rings. The molecule has 1 aliphatic rings. The maximum absolute atomic E-state index is 6.66. The molecule has 0 bridgehead atoms. The van der Waals surface area contributed by atoms with Gasteiger partial charge < -0.3 is 19.4 Å². The first kappa shape index (κ1) is 24.2. The van der Waals surface area contributed by atoms with Crippen LogP contribution in [0.15, 0.2) is 84.9 Å². The van der Waals surface area contributed by atoms with Crippen molar-refractivity contribution in [3.63, 3.8) is 0 Å². The standard InChI is InChI=1S/C32H37N3O/c1-33(2)26-17-15-24(16-18-26)32(36-5,25-11-10-12-27(23-25)34(3)4)30-19-20-31(35-21-8-9-22-35)29-14-7-6-13-28(29)30/h6-7,10-20,23H,8-9,21-22H2,1-5H3. The highest BCUT2D eigenvalue weighted by molar-refractivity contribution is 5.98. The van der Waals surface area contributed by atoms with Gasteiger partial charge in [0.05, 0.1) is 0 Å². The second-order valence-electron chi connectivity index (χ2n) is 10.1. The number of fused-ring (bicyclic) bond motifs is 1. The van der Waals surface area contributed by atoms with Gasteiger partial charge in [0, 0.05) is 76.4 Å². The molecule has 4 heteroatoms. The van der Waals surface area contributed by atoms with Gasteiger partial charge in [0.1, 0.15) is 5.60 Å². The lowest BCUT2D eigenvalue weighted by molar-refractivity contribution is 0.0598. The molecule has 0 aromatic heterocycles. The SMILES string of the molecule is COC(c1ccc(N(C)C)cc1)(c1cccc(N(C)C)c1)c1ccc(N2CCCC2)c2ccccc12. The highest BCUT2D eigenvalue weighted by atomic mass is 16.5. The summed E-state index contributed by atoms with van der Waals surface area (Å²) in [4.78, 5) is 6.80. The van der Waals surface area contributed by atoms with Gasteiger partial charge in [-0.05, 0) is 59.7 Å². The van der Waals surface area contributed by atoms with Crippen molar-refractivity contribution >= 4 is 27.8 Å². The molecule has 4 aromatic carbocycles. The summed E-state index contributed by atoms with van der Waals surface area (Å²) in [5.41, 5.74) is 6.27. The van der Waals surface area contributed by atoms with E-state index in [4.69, 9.17) is 4.74 Å². The van der Waals surface area contributed by atoms with Crippen LogP contribution in [-0.4, -0.2) is 48.4 Å². The molecule has 0 radical (unpaired) electrons. The van der Waals surface area contributed by atoms with E-state index in [0.29, 0.717) is 0 Å². The number of methoxy groups -OCH3 is 1. The molecular formula is C32H37N3O. The molecule has 0 spiro atoms. The third-order valence-electron chi connectivity index (χ3n) is 7.59. The Morgan fingerprint density at radius 3 is 1.97 bits per heavy atom. The van der Waals surface area contributed by atoms with Gasteiger partial charge in [-0.2, -0.15) is 0 Å². The lowest BCUT2D eigenvalue weighted by Crippen LogP contribution is -2.32. The molecule has 1 heterocycles. The minimum atomic E-state index is -0.764. The molecule has 1 saturated heterocycles. The first-order valence-corrected chi connectivity index (χ1v) is 12.8. The first-order chi connectivity index (χ1) is 17.5. The van der Waals surface area contributed by atoms with Crippen LogP contribution >= 0.6 is 0 Å². The van der Waals surface area contributed by atoms with E-state index >= 15 is 0 Å². The third kappa shape index (κ3) is 4.10. The maximum atomic E-state index is 6.66. The smallest absolute Gasteiger partial charge is 0.144 e. The molecule has 1 aliphatic heterocycles. The second-order valence-corrected chi connectivity index (χ2v) is 10.1. The van der Waals surface area contributed by atoms with Gasteiger partial charge in [0.2, 0.25) is 0 Å². The number of ether oxygens (including phenoxy) is 1. The maximum Gasteiger partial charge on any atom is 0.144 e. The number of nitrogens with zero attached hydrogens (tertiary/aromatic N) is 3. The Labute approximate surface area is 215 Å². The van der Waals surface area contributed by atoms with Crippen molar-refractivity contribution in [2.75, 3.05) is 63.1 Å². The quantitative estimate of drug-likeness (QED) is 0.281. The molecule has 0 aliphatic carbocycles. The Hall–Kier alpha value is -3.50. The predicted molar refractivity (Wildman–Crippen MR) is 154 cm³/mol. The fraction of sp³-hybridized carbons (Fsp3) is 0.312.